The van der Waals surface area contributed by atoms with Gasteiger partial charge in [-0.1, -0.05) is 0 Å². The Kier molecular flexibility index (Phi) is 4.63. The van der Waals surface area contributed by atoms with Gasteiger partial charge in [0.05, 0.1) is 0 Å². The zero-order valence-corrected chi connectivity index (χ0v) is 22.2. The van der Waals surface area contributed by atoms with Crippen molar-refractivity contribution in [3.05, 3.63) is 53.6 Å². The molecule has 2 saturated carbocycles. The minimum absolute atomic E-state index is 0.0883. The first-order chi connectivity index (χ1) is 13.7. The Hall–Kier alpha value is -0.410. The minimum atomic E-state index is -4.55. The van der Waals surface area contributed by atoms with Crippen molar-refractivity contribution in [2.24, 2.45) is 17.1 Å². The van der Waals surface area contributed by atoms with E-state index in [-0.39, 0.29) is 9.53 Å². The van der Waals surface area contributed by atoms with Crippen LogP contribution in [0.5, 0.6) is 0 Å². The summed E-state index contributed by atoms with van der Waals surface area (Å²) < 4.78 is 1.33. The molecule has 0 radical (unpaired) electrons. The molecule has 0 aliphatic heterocycles. The van der Waals surface area contributed by atoms with Crippen molar-refractivity contribution in [3.8, 4) is 11.1 Å². The van der Waals surface area contributed by atoms with Gasteiger partial charge in [0.2, 0.25) is 0 Å². The van der Waals surface area contributed by atoms with Crippen molar-refractivity contribution in [2.45, 2.75) is 48.8 Å². The number of hydrogen-bond acceptors (Lipinski definition) is 1. The summed E-state index contributed by atoms with van der Waals surface area (Å²) in [5, 5.41) is 0. The summed E-state index contributed by atoms with van der Waals surface area (Å²) in [5.74, 6) is -1.11. The molecule has 0 heterocycles. The SMILES string of the molecule is C[SiH](C)[Zr]([Cl])([Cl])([c]1cccc2c1Cc1ccccc1-2)[CH]1CC2CCC1(C(N)=O)C2. The number of halogens is 2. The average molecular weight is 525 g/mol. The van der Waals surface area contributed by atoms with Crippen molar-refractivity contribution in [1.82, 2.24) is 0 Å². The molecule has 3 aliphatic rings. The fourth-order valence-corrected chi connectivity index (χ4v) is 38.0. The Morgan fingerprint density at radius 1 is 1.14 bits per heavy atom. The van der Waals surface area contributed by atoms with Crippen LogP contribution in [-0.4, -0.2) is 11.8 Å². The van der Waals surface area contributed by atoms with E-state index < -0.39 is 26.9 Å². The summed E-state index contributed by atoms with van der Waals surface area (Å²) in [7, 11) is 15.9. The molecule has 0 aromatic heterocycles. The van der Waals surface area contributed by atoms with Gasteiger partial charge in [-0.3, -0.25) is 0 Å². The Morgan fingerprint density at radius 2 is 1.86 bits per heavy atom. The molecule has 2 aromatic rings. The predicted molar refractivity (Wildman–Crippen MR) is 122 cm³/mol. The van der Waals surface area contributed by atoms with Crippen molar-refractivity contribution in [3.63, 3.8) is 0 Å². The first kappa shape index (κ1) is 20.5. The van der Waals surface area contributed by atoms with Gasteiger partial charge in [0.25, 0.3) is 0 Å². The maximum absolute atomic E-state index is 12.8. The first-order valence-electron chi connectivity index (χ1n) is 10.8. The van der Waals surface area contributed by atoms with E-state index in [2.05, 4.69) is 55.6 Å². The van der Waals surface area contributed by atoms with Crippen LogP contribution in [0, 0.1) is 11.3 Å². The number of fused-ring (bicyclic) bond motifs is 5. The average Bonchev–Trinajstić information content (AvgIpc) is 3.39. The van der Waals surface area contributed by atoms with E-state index in [4.69, 9.17) is 22.8 Å². The van der Waals surface area contributed by atoms with E-state index in [1.54, 1.807) is 0 Å². The van der Waals surface area contributed by atoms with E-state index in [1.807, 2.05) is 0 Å². The van der Waals surface area contributed by atoms with E-state index in [0.29, 0.717) is 5.92 Å². The van der Waals surface area contributed by atoms with Gasteiger partial charge in [-0.2, -0.15) is 0 Å². The zero-order valence-electron chi connectivity index (χ0n) is 17.1. The molecule has 0 saturated heterocycles. The molecule has 2 aromatic carbocycles. The third-order valence-electron chi connectivity index (χ3n) is 8.44. The van der Waals surface area contributed by atoms with E-state index in [0.717, 1.165) is 32.1 Å². The quantitative estimate of drug-likeness (QED) is 0.461. The summed E-state index contributed by atoms with van der Waals surface area (Å²) in [6, 6.07) is 15.2. The van der Waals surface area contributed by atoms with Gasteiger partial charge in [0, 0.05) is 0 Å². The summed E-state index contributed by atoms with van der Waals surface area (Å²) in [6.07, 6.45) is 4.75. The van der Waals surface area contributed by atoms with Crippen LogP contribution in [0.2, 0.25) is 16.7 Å². The normalized spacial score (nSPS) is 28.8. The van der Waals surface area contributed by atoms with Crippen LogP contribution < -0.4 is 9.01 Å². The zero-order chi connectivity index (χ0) is 20.6. The van der Waals surface area contributed by atoms with E-state index in [1.165, 1.54) is 25.5 Å². The molecule has 3 aliphatic carbocycles. The van der Waals surface area contributed by atoms with Crippen molar-refractivity contribution >= 4 is 32.1 Å². The number of benzene rings is 2. The summed E-state index contributed by atoms with van der Waals surface area (Å²) in [5.41, 5.74) is 10.9. The van der Waals surface area contributed by atoms with Crippen LogP contribution in [0.4, 0.5) is 0 Å². The Bertz CT molecular complexity index is 1040. The molecule has 2 N–H and O–H groups in total. The van der Waals surface area contributed by atoms with E-state index >= 15 is 0 Å². The summed E-state index contributed by atoms with van der Waals surface area (Å²) in [4.78, 5) is 12.8. The molecule has 6 heteroatoms. The second-order valence-corrected chi connectivity index (χ2v) is 51.6. The second-order valence-electron chi connectivity index (χ2n) is 9.89. The summed E-state index contributed by atoms with van der Waals surface area (Å²) >= 11 is -4.55. The molecule has 3 unspecified atom stereocenters. The summed E-state index contributed by atoms with van der Waals surface area (Å²) in [6.45, 7) is 4.63. The molecule has 5 rings (SSSR count). The number of hydrogen-bond donors (Lipinski definition) is 1. The van der Waals surface area contributed by atoms with Crippen molar-refractivity contribution in [1.29, 1.82) is 0 Å². The molecule has 2 fully saturated rings. The Morgan fingerprint density at radius 3 is 2.55 bits per heavy atom. The van der Waals surface area contributed by atoms with Gasteiger partial charge in [-0.25, -0.2) is 0 Å². The second kappa shape index (κ2) is 6.55. The van der Waals surface area contributed by atoms with Crippen LogP contribution in [0.25, 0.3) is 11.1 Å². The van der Waals surface area contributed by atoms with Crippen LogP contribution in [0.3, 0.4) is 0 Å². The van der Waals surface area contributed by atoms with Crippen LogP contribution in [-0.2, 0) is 26.8 Å². The standard InChI is InChI=1S/C13H9.C8H12NO.C2H7Si.2ClH.Zr/c1-3-7-12-10(5-1)9-11-6-2-4-8-13(11)12;9-7(10)8-3-1-6(5-8)2-4-8;1-3-2;;;/h1-5,7-8H,9H2;3,6H,1-2,4-5H2,(H2,9,10);3H,1-2H3;2*1H;/q;;;;;+2/p-2. The molecule has 1 amide bonds. The molecule has 2 bridgehead atoms. The number of rotatable bonds is 4. The van der Waals surface area contributed by atoms with Crippen LogP contribution >= 0.6 is 17.0 Å². The fraction of sp³-hybridized carbons (Fsp3) is 0.435. The molecule has 3 atom stereocenters. The van der Waals surface area contributed by atoms with Crippen LogP contribution in [0.15, 0.2) is 42.5 Å². The topological polar surface area (TPSA) is 43.1 Å². The Labute approximate surface area is 182 Å². The third kappa shape index (κ3) is 2.59. The van der Waals surface area contributed by atoms with Gasteiger partial charge >= 0.3 is 183 Å². The van der Waals surface area contributed by atoms with Gasteiger partial charge in [0.1, 0.15) is 0 Å². The molecule has 29 heavy (non-hydrogen) atoms. The molecular formula is C23H28Cl2NOSiZr. The van der Waals surface area contributed by atoms with Gasteiger partial charge in [-0.05, 0) is 0 Å². The van der Waals surface area contributed by atoms with Crippen LogP contribution in [0.1, 0.15) is 36.8 Å². The predicted octanol–water partition coefficient (Wildman–Crippen LogP) is 5.33. The molecule has 153 valence electrons. The molecule has 0 spiro atoms. The monoisotopic (exact) mass is 522 g/mol. The van der Waals surface area contributed by atoms with E-state index in [9.17, 15) is 4.79 Å². The fourth-order valence-electron chi connectivity index (χ4n) is 6.88. The van der Waals surface area contributed by atoms with Gasteiger partial charge in [0.15, 0.2) is 0 Å². The Balaban J connectivity index is 1.74. The number of amides is 1. The number of nitrogens with two attached hydrogens (primary N) is 1. The third-order valence-corrected chi connectivity index (χ3v) is 60.2. The number of carbonyl (C=O) groups excluding carboxylic acids is 1. The van der Waals surface area contributed by atoms with Crippen molar-refractivity contribution < 1.29 is 20.4 Å². The molecular weight excluding hydrogens is 496 g/mol. The van der Waals surface area contributed by atoms with Crippen molar-refractivity contribution in [2.75, 3.05) is 0 Å². The first-order valence-corrected chi connectivity index (χ1v) is 26.9. The number of primary amides is 1. The van der Waals surface area contributed by atoms with Gasteiger partial charge < -0.3 is 0 Å². The van der Waals surface area contributed by atoms with Gasteiger partial charge in [-0.15, -0.1) is 0 Å². The number of carbonyl (C=O) groups is 1. The maximum atomic E-state index is 12.8. The molecule has 2 nitrogen and oxygen atoms in total.